The number of benzene rings is 2. The van der Waals surface area contributed by atoms with Crippen molar-refractivity contribution in [2.24, 2.45) is 5.73 Å². The van der Waals surface area contributed by atoms with Gasteiger partial charge in [-0.25, -0.2) is 0 Å². The van der Waals surface area contributed by atoms with Crippen molar-refractivity contribution in [1.82, 2.24) is 0 Å². The van der Waals surface area contributed by atoms with E-state index in [9.17, 15) is 0 Å². The van der Waals surface area contributed by atoms with E-state index in [2.05, 4.69) is 67.7 Å². The van der Waals surface area contributed by atoms with E-state index in [0.29, 0.717) is 6.54 Å². The van der Waals surface area contributed by atoms with Gasteiger partial charge in [0.05, 0.1) is 5.54 Å². The van der Waals surface area contributed by atoms with Crippen molar-refractivity contribution in [3.8, 4) is 0 Å². The minimum absolute atomic E-state index is 0.130. The molecule has 2 heteroatoms. The van der Waals surface area contributed by atoms with Crippen molar-refractivity contribution >= 4 is 5.69 Å². The van der Waals surface area contributed by atoms with Crippen LogP contribution in [-0.2, 0) is 6.42 Å². The van der Waals surface area contributed by atoms with Crippen molar-refractivity contribution in [3.05, 3.63) is 65.7 Å². The lowest BCUT2D eigenvalue weighted by Gasteiger charge is -2.31. The Bertz CT molecular complexity index is 522. The molecule has 0 aliphatic carbocycles. The molecule has 2 aromatic carbocycles. The van der Waals surface area contributed by atoms with E-state index in [-0.39, 0.29) is 5.54 Å². The second-order valence-corrected chi connectivity index (χ2v) is 5.42. The molecule has 100 valence electrons. The largest absolute Gasteiger partial charge is 0.378 e. The zero-order valence-electron chi connectivity index (χ0n) is 11.7. The Morgan fingerprint density at radius 1 is 1.05 bits per heavy atom. The van der Waals surface area contributed by atoms with E-state index in [1.54, 1.807) is 0 Å². The normalized spacial score (nSPS) is 13.8. The van der Waals surface area contributed by atoms with Crippen LogP contribution in [-0.4, -0.2) is 12.1 Å². The maximum Gasteiger partial charge on any atom is 0.0507 e. The van der Waals surface area contributed by atoms with Crippen molar-refractivity contribution < 1.29 is 0 Å². The SMILES string of the molecule is Cc1cccc(NC(C)(CN)Cc2ccccc2)c1. The van der Waals surface area contributed by atoms with Crippen LogP contribution in [0.1, 0.15) is 18.1 Å². The molecular weight excluding hydrogens is 232 g/mol. The van der Waals surface area contributed by atoms with Crippen molar-refractivity contribution in [2.45, 2.75) is 25.8 Å². The van der Waals surface area contributed by atoms with Gasteiger partial charge >= 0.3 is 0 Å². The molecule has 2 rings (SSSR count). The van der Waals surface area contributed by atoms with E-state index in [4.69, 9.17) is 5.73 Å². The molecular formula is C17H22N2. The highest BCUT2D eigenvalue weighted by Crippen LogP contribution is 2.20. The van der Waals surface area contributed by atoms with Crippen LogP contribution in [0.4, 0.5) is 5.69 Å². The number of nitrogens with one attached hydrogen (secondary N) is 1. The van der Waals surface area contributed by atoms with Gasteiger partial charge < -0.3 is 11.1 Å². The summed E-state index contributed by atoms with van der Waals surface area (Å²) in [6.07, 6.45) is 0.915. The van der Waals surface area contributed by atoms with Gasteiger partial charge in [0.15, 0.2) is 0 Å². The summed E-state index contributed by atoms with van der Waals surface area (Å²) in [4.78, 5) is 0. The lowest BCUT2D eigenvalue weighted by Crippen LogP contribution is -2.44. The third-order valence-corrected chi connectivity index (χ3v) is 3.35. The Hall–Kier alpha value is -1.80. The molecule has 0 heterocycles. The molecule has 0 aliphatic rings. The summed E-state index contributed by atoms with van der Waals surface area (Å²) in [6, 6.07) is 18.9. The molecule has 0 aromatic heterocycles. The van der Waals surface area contributed by atoms with Crippen LogP contribution >= 0.6 is 0 Å². The minimum Gasteiger partial charge on any atom is -0.378 e. The third-order valence-electron chi connectivity index (χ3n) is 3.35. The second kappa shape index (κ2) is 5.89. The average molecular weight is 254 g/mol. The molecule has 2 nitrogen and oxygen atoms in total. The molecule has 1 atom stereocenters. The lowest BCUT2D eigenvalue weighted by molar-refractivity contribution is 0.521. The van der Waals surface area contributed by atoms with Gasteiger partial charge in [0.25, 0.3) is 0 Å². The molecule has 0 amide bonds. The molecule has 19 heavy (non-hydrogen) atoms. The van der Waals surface area contributed by atoms with Crippen LogP contribution in [0.25, 0.3) is 0 Å². The van der Waals surface area contributed by atoms with Crippen LogP contribution in [0.2, 0.25) is 0 Å². The van der Waals surface area contributed by atoms with Gasteiger partial charge in [-0.3, -0.25) is 0 Å². The summed E-state index contributed by atoms with van der Waals surface area (Å²) in [5.41, 5.74) is 9.53. The highest BCUT2D eigenvalue weighted by Gasteiger charge is 2.22. The molecule has 2 aromatic rings. The standard InChI is InChI=1S/C17H22N2/c1-14-7-6-10-16(11-14)19-17(2,13-18)12-15-8-4-3-5-9-15/h3-11,19H,12-13,18H2,1-2H3. The van der Waals surface area contributed by atoms with E-state index in [1.807, 2.05) is 6.07 Å². The number of hydrogen-bond donors (Lipinski definition) is 2. The highest BCUT2D eigenvalue weighted by molar-refractivity contribution is 5.48. The summed E-state index contributed by atoms with van der Waals surface area (Å²) in [6.45, 7) is 4.86. The zero-order chi connectivity index (χ0) is 13.7. The van der Waals surface area contributed by atoms with Crippen LogP contribution in [0.15, 0.2) is 54.6 Å². The Morgan fingerprint density at radius 3 is 2.42 bits per heavy atom. The molecule has 0 spiro atoms. The first-order valence-electron chi connectivity index (χ1n) is 6.70. The Morgan fingerprint density at radius 2 is 1.79 bits per heavy atom. The fourth-order valence-electron chi connectivity index (χ4n) is 2.29. The predicted octanol–water partition coefficient (Wildman–Crippen LogP) is 3.37. The first kappa shape index (κ1) is 13.6. The molecule has 0 aliphatic heterocycles. The summed E-state index contributed by atoms with van der Waals surface area (Å²) in [5.74, 6) is 0. The summed E-state index contributed by atoms with van der Waals surface area (Å²) < 4.78 is 0. The van der Waals surface area contributed by atoms with Crippen LogP contribution < -0.4 is 11.1 Å². The van der Waals surface area contributed by atoms with Gasteiger partial charge in [0, 0.05) is 12.2 Å². The smallest absolute Gasteiger partial charge is 0.0507 e. The number of aryl methyl sites for hydroxylation is 1. The van der Waals surface area contributed by atoms with E-state index >= 15 is 0 Å². The molecule has 0 saturated carbocycles. The fraction of sp³-hybridized carbons (Fsp3) is 0.294. The molecule has 0 saturated heterocycles. The maximum absolute atomic E-state index is 5.98. The monoisotopic (exact) mass is 254 g/mol. The summed E-state index contributed by atoms with van der Waals surface area (Å²) >= 11 is 0. The number of hydrogen-bond acceptors (Lipinski definition) is 2. The second-order valence-electron chi connectivity index (χ2n) is 5.42. The first-order chi connectivity index (χ1) is 9.11. The van der Waals surface area contributed by atoms with Gasteiger partial charge in [-0.05, 0) is 43.5 Å². The predicted molar refractivity (Wildman–Crippen MR) is 82.4 cm³/mol. The van der Waals surface area contributed by atoms with E-state index in [0.717, 1.165) is 12.1 Å². The molecule has 0 radical (unpaired) electrons. The molecule has 0 fully saturated rings. The summed E-state index contributed by atoms with van der Waals surface area (Å²) in [5, 5.41) is 3.57. The van der Waals surface area contributed by atoms with Gasteiger partial charge in [0.2, 0.25) is 0 Å². The van der Waals surface area contributed by atoms with Gasteiger partial charge in [-0.1, -0.05) is 42.5 Å². The first-order valence-corrected chi connectivity index (χ1v) is 6.70. The van der Waals surface area contributed by atoms with Gasteiger partial charge in [0.1, 0.15) is 0 Å². The average Bonchev–Trinajstić information content (AvgIpc) is 2.40. The number of anilines is 1. The Labute approximate surface area is 115 Å². The third kappa shape index (κ3) is 3.83. The van der Waals surface area contributed by atoms with E-state index < -0.39 is 0 Å². The fourth-order valence-corrected chi connectivity index (χ4v) is 2.29. The van der Waals surface area contributed by atoms with Crippen LogP contribution in [0.5, 0.6) is 0 Å². The van der Waals surface area contributed by atoms with Crippen molar-refractivity contribution in [2.75, 3.05) is 11.9 Å². The number of rotatable bonds is 5. The maximum atomic E-state index is 5.98. The quantitative estimate of drug-likeness (QED) is 0.858. The van der Waals surface area contributed by atoms with Crippen molar-refractivity contribution in [3.63, 3.8) is 0 Å². The molecule has 3 N–H and O–H groups in total. The van der Waals surface area contributed by atoms with Gasteiger partial charge in [-0.2, -0.15) is 0 Å². The van der Waals surface area contributed by atoms with Crippen LogP contribution in [0, 0.1) is 6.92 Å². The lowest BCUT2D eigenvalue weighted by atomic mass is 9.92. The van der Waals surface area contributed by atoms with Crippen LogP contribution in [0.3, 0.4) is 0 Å². The Balaban J connectivity index is 2.14. The summed E-state index contributed by atoms with van der Waals surface area (Å²) in [7, 11) is 0. The molecule has 1 unspecified atom stereocenters. The van der Waals surface area contributed by atoms with Gasteiger partial charge in [-0.15, -0.1) is 0 Å². The molecule has 0 bridgehead atoms. The highest BCUT2D eigenvalue weighted by atomic mass is 15.0. The zero-order valence-corrected chi connectivity index (χ0v) is 11.7. The number of nitrogens with two attached hydrogens (primary N) is 1. The topological polar surface area (TPSA) is 38.0 Å². The minimum atomic E-state index is -0.130. The van der Waals surface area contributed by atoms with Crippen molar-refractivity contribution in [1.29, 1.82) is 0 Å². The van der Waals surface area contributed by atoms with E-state index in [1.165, 1.54) is 11.1 Å². The Kier molecular flexibility index (Phi) is 4.23.